The highest BCUT2D eigenvalue weighted by molar-refractivity contribution is 5.83. The molecule has 0 bridgehead atoms. The van der Waals surface area contributed by atoms with Crippen LogP contribution in [0.15, 0.2) is 54.9 Å². The van der Waals surface area contributed by atoms with Gasteiger partial charge in [-0.3, -0.25) is 0 Å². The SMILES string of the molecule is CCCOCn1c(C)nc2cc(-n3cccn3)c(C(C)Oc3cc4cc(F)ccc4nc3N)cc21. The zero-order valence-electron chi connectivity index (χ0n) is 19.9. The van der Waals surface area contributed by atoms with E-state index < -0.39 is 6.10 Å². The molecular weight excluding hydrogens is 447 g/mol. The minimum absolute atomic E-state index is 0.242. The number of imidazole rings is 1. The van der Waals surface area contributed by atoms with E-state index in [1.807, 2.05) is 36.7 Å². The van der Waals surface area contributed by atoms with Crippen LogP contribution in [0.2, 0.25) is 0 Å². The van der Waals surface area contributed by atoms with Gasteiger partial charge in [-0.15, -0.1) is 0 Å². The van der Waals surface area contributed by atoms with Gasteiger partial charge >= 0.3 is 0 Å². The number of fused-ring (bicyclic) bond motifs is 2. The van der Waals surface area contributed by atoms with Crippen molar-refractivity contribution >= 4 is 27.8 Å². The zero-order valence-corrected chi connectivity index (χ0v) is 19.9. The van der Waals surface area contributed by atoms with Gasteiger partial charge in [0.2, 0.25) is 0 Å². The molecule has 5 rings (SSSR count). The van der Waals surface area contributed by atoms with Gasteiger partial charge in [-0.1, -0.05) is 6.92 Å². The fraction of sp³-hybridized carbons (Fsp3) is 0.269. The third kappa shape index (κ3) is 4.42. The van der Waals surface area contributed by atoms with Crippen LogP contribution in [0.5, 0.6) is 5.75 Å². The Morgan fingerprint density at radius 2 is 1.97 bits per heavy atom. The Labute approximate surface area is 202 Å². The summed E-state index contributed by atoms with van der Waals surface area (Å²) in [4.78, 5) is 9.12. The summed E-state index contributed by atoms with van der Waals surface area (Å²) in [5, 5.41) is 5.04. The molecule has 2 aromatic carbocycles. The molecule has 0 spiro atoms. The fourth-order valence-electron chi connectivity index (χ4n) is 4.19. The minimum atomic E-state index is -0.422. The second-order valence-corrected chi connectivity index (χ2v) is 8.44. The Morgan fingerprint density at radius 3 is 2.74 bits per heavy atom. The van der Waals surface area contributed by atoms with E-state index in [2.05, 4.69) is 23.1 Å². The first-order valence-electron chi connectivity index (χ1n) is 11.6. The number of nitrogens with zero attached hydrogens (tertiary/aromatic N) is 5. The van der Waals surface area contributed by atoms with Crippen molar-refractivity contribution in [2.45, 2.75) is 40.0 Å². The zero-order chi connectivity index (χ0) is 24.5. The molecule has 3 aromatic heterocycles. The number of aryl methyl sites for hydroxylation is 1. The molecule has 1 atom stereocenters. The van der Waals surface area contributed by atoms with E-state index in [-0.39, 0.29) is 11.6 Å². The minimum Gasteiger partial charge on any atom is -0.482 e. The van der Waals surface area contributed by atoms with Crippen molar-refractivity contribution in [3.63, 3.8) is 0 Å². The van der Waals surface area contributed by atoms with E-state index in [1.165, 1.54) is 12.1 Å². The number of nitrogens with two attached hydrogens (primary N) is 1. The number of hydrogen-bond acceptors (Lipinski definition) is 6. The summed E-state index contributed by atoms with van der Waals surface area (Å²) in [7, 11) is 0. The molecule has 0 aliphatic carbocycles. The second kappa shape index (κ2) is 9.34. The van der Waals surface area contributed by atoms with Crippen molar-refractivity contribution in [3.05, 3.63) is 72.1 Å². The van der Waals surface area contributed by atoms with E-state index in [0.29, 0.717) is 30.0 Å². The lowest BCUT2D eigenvalue weighted by Crippen LogP contribution is -2.11. The van der Waals surface area contributed by atoms with Gasteiger partial charge in [-0.2, -0.15) is 5.10 Å². The van der Waals surface area contributed by atoms with Crippen molar-refractivity contribution in [3.8, 4) is 11.4 Å². The molecule has 0 fully saturated rings. The highest BCUT2D eigenvalue weighted by atomic mass is 19.1. The fourth-order valence-corrected chi connectivity index (χ4v) is 4.19. The number of pyridine rings is 1. The molecule has 8 nitrogen and oxygen atoms in total. The normalized spacial score (nSPS) is 12.5. The smallest absolute Gasteiger partial charge is 0.166 e. The molecule has 3 heterocycles. The molecule has 0 aliphatic heterocycles. The van der Waals surface area contributed by atoms with Crippen LogP contribution in [0.4, 0.5) is 10.2 Å². The lowest BCUT2D eigenvalue weighted by Gasteiger charge is -2.20. The molecule has 0 radical (unpaired) electrons. The molecule has 0 saturated carbocycles. The van der Waals surface area contributed by atoms with Crippen LogP contribution >= 0.6 is 0 Å². The number of aromatic nitrogens is 5. The summed E-state index contributed by atoms with van der Waals surface area (Å²) in [6, 6.07) is 12.0. The van der Waals surface area contributed by atoms with Crippen LogP contribution in [-0.4, -0.2) is 30.9 Å². The molecule has 5 aromatic rings. The first-order chi connectivity index (χ1) is 16.9. The standard InChI is InChI=1S/C26H27FN6O2/c1-4-10-34-15-32-17(3)30-22-14-23(33-9-5-8-29-33)20(13-24(22)32)16(2)35-25-12-18-11-19(27)6-7-21(18)31-26(25)28/h5-9,11-14,16H,4,10,15H2,1-3H3,(H2,28,31). The number of hydrogen-bond donors (Lipinski definition) is 1. The Bertz CT molecular complexity index is 1500. The Hall–Kier alpha value is -3.98. The van der Waals surface area contributed by atoms with E-state index in [1.54, 1.807) is 23.0 Å². The van der Waals surface area contributed by atoms with Crippen molar-refractivity contribution < 1.29 is 13.9 Å². The van der Waals surface area contributed by atoms with Crippen molar-refractivity contribution in [1.29, 1.82) is 0 Å². The van der Waals surface area contributed by atoms with Crippen LogP contribution in [0, 0.1) is 12.7 Å². The second-order valence-electron chi connectivity index (χ2n) is 8.44. The summed E-state index contributed by atoms with van der Waals surface area (Å²) in [5.41, 5.74) is 10.3. The van der Waals surface area contributed by atoms with E-state index in [0.717, 1.165) is 34.5 Å². The molecule has 0 saturated heterocycles. The van der Waals surface area contributed by atoms with Crippen LogP contribution < -0.4 is 10.5 Å². The predicted octanol–water partition coefficient (Wildman–Crippen LogP) is 5.32. The topological polar surface area (TPSA) is 93.0 Å². The lowest BCUT2D eigenvalue weighted by atomic mass is 10.1. The molecule has 35 heavy (non-hydrogen) atoms. The van der Waals surface area contributed by atoms with Gasteiger partial charge in [0.25, 0.3) is 0 Å². The Morgan fingerprint density at radius 1 is 1.11 bits per heavy atom. The van der Waals surface area contributed by atoms with Crippen LogP contribution in [-0.2, 0) is 11.5 Å². The Balaban J connectivity index is 1.58. The van der Waals surface area contributed by atoms with Gasteiger partial charge in [0.15, 0.2) is 11.6 Å². The van der Waals surface area contributed by atoms with E-state index in [9.17, 15) is 4.39 Å². The van der Waals surface area contributed by atoms with Gasteiger partial charge in [-0.25, -0.2) is 19.0 Å². The third-order valence-electron chi connectivity index (χ3n) is 5.92. The van der Waals surface area contributed by atoms with Crippen LogP contribution in [0.1, 0.15) is 37.8 Å². The first-order valence-corrected chi connectivity index (χ1v) is 11.6. The average molecular weight is 475 g/mol. The van der Waals surface area contributed by atoms with Crippen molar-refractivity contribution in [2.75, 3.05) is 12.3 Å². The van der Waals surface area contributed by atoms with Gasteiger partial charge in [-0.05, 0) is 62.7 Å². The maximum absolute atomic E-state index is 13.8. The maximum atomic E-state index is 13.8. The highest BCUT2D eigenvalue weighted by Crippen LogP contribution is 2.34. The van der Waals surface area contributed by atoms with E-state index >= 15 is 0 Å². The molecule has 0 amide bonds. The van der Waals surface area contributed by atoms with Crippen molar-refractivity contribution in [2.24, 2.45) is 0 Å². The Kier molecular flexibility index (Phi) is 6.08. The number of anilines is 1. The summed E-state index contributed by atoms with van der Waals surface area (Å²) >= 11 is 0. The molecule has 180 valence electrons. The lowest BCUT2D eigenvalue weighted by molar-refractivity contribution is 0.0787. The molecule has 2 N–H and O–H groups in total. The summed E-state index contributed by atoms with van der Waals surface area (Å²) in [6.07, 6.45) is 4.12. The number of halogens is 1. The van der Waals surface area contributed by atoms with Gasteiger partial charge in [0, 0.05) is 30.0 Å². The highest BCUT2D eigenvalue weighted by Gasteiger charge is 2.20. The van der Waals surface area contributed by atoms with Gasteiger partial charge in [0.1, 0.15) is 24.5 Å². The van der Waals surface area contributed by atoms with Crippen LogP contribution in [0.3, 0.4) is 0 Å². The number of benzene rings is 2. The molecule has 1 unspecified atom stereocenters. The maximum Gasteiger partial charge on any atom is 0.166 e. The predicted molar refractivity (Wildman–Crippen MR) is 133 cm³/mol. The van der Waals surface area contributed by atoms with Gasteiger partial charge < -0.3 is 19.8 Å². The molecular formula is C26H27FN6O2. The first kappa shape index (κ1) is 22.8. The summed E-state index contributed by atoms with van der Waals surface area (Å²) in [6.45, 7) is 7.06. The third-order valence-corrected chi connectivity index (χ3v) is 5.92. The number of nitrogen functional groups attached to an aromatic ring is 1. The molecule has 9 heteroatoms. The monoisotopic (exact) mass is 474 g/mol. The average Bonchev–Trinajstić information content (AvgIpc) is 3.47. The van der Waals surface area contributed by atoms with Crippen LogP contribution in [0.25, 0.3) is 27.6 Å². The number of ether oxygens (including phenoxy) is 2. The molecule has 0 aliphatic rings. The van der Waals surface area contributed by atoms with Gasteiger partial charge in [0.05, 0.1) is 22.2 Å². The summed E-state index contributed by atoms with van der Waals surface area (Å²) < 4.78 is 29.7. The summed E-state index contributed by atoms with van der Waals surface area (Å²) in [5.74, 6) is 1.14. The number of rotatable bonds is 8. The largest absolute Gasteiger partial charge is 0.482 e. The van der Waals surface area contributed by atoms with Crippen molar-refractivity contribution in [1.82, 2.24) is 24.3 Å². The van der Waals surface area contributed by atoms with E-state index in [4.69, 9.17) is 20.2 Å². The quantitative estimate of drug-likeness (QED) is 0.306.